The van der Waals surface area contributed by atoms with Crippen molar-refractivity contribution < 1.29 is 9.32 Å². The third kappa shape index (κ3) is 1.13. The van der Waals surface area contributed by atoms with E-state index in [2.05, 4.69) is 15.8 Å². The minimum Gasteiger partial charge on any atom is -0.351 e. The molecular weight excluding hydrogens is 182 g/mol. The molecule has 1 aliphatic heterocycles. The molecule has 1 aromatic rings. The number of amides is 1. The highest BCUT2D eigenvalue weighted by molar-refractivity contribution is 5.91. The average Bonchev–Trinajstić information content (AvgIpc) is 2.75. The highest BCUT2D eigenvalue weighted by atomic mass is 16.5. The second kappa shape index (κ2) is 2.81. The molecule has 14 heavy (non-hydrogen) atoms. The number of carbonyl (C=O) groups excluding carboxylic acids is 1. The van der Waals surface area contributed by atoms with Gasteiger partial charge in [0.05, 0.1) is 6.20 Å². The molecule has 5 nitrogen and oxygen atoms in total. The Morgan fingerprint density at radius 1 is 1.57 bits per heavy atom. The fourth-order valence-corrected chi connectivity index (χ4v) is 2.19. The Bertz CT molecular complexity index is 339. The van der Waals surface area contributed by atoms with Crippen LogP contribution in [0.3, 0.4) is 0 Å². The van der Waals surface area contributed by atoms with Crippen LogP contribution in [0.5, 0.6) is 0 Å². The van der Waals surface area contributed by atoms with Crippen LogP contribution in [-0.2, 0) is 0 Å². The van der Waals surface area contributed by atoms with E-state index in [4.69, 9.17) is 4.52 Å². The van der Waals surface area contributed by atoms with Gasteiger partial charge in [0.25, 0.3) is 5.91 Å². The van der Waals surface area contributed by atoms with E-state index in [1.165, 1.54) is 6.20 Å². The minimum atomic E-state index is -0.151. The van der Waals surface area contributed by atoms with Crippen LogP contribution in [-0.4, -0.2) is 30.2 Å². The van der Waals surface area contributed by atoms with Crippen LogP contribution in [0, 0.1) is 11.8 Å². The molecule has 3 rings (SSSR count). The van der Waals surface area contributed by atoms with Gasteiger partial charge >= 0.3 is 0 Å². The number of hydrogen-bond donors (Lipinski definition) is 2. The molecule has 0 aromatic carbocycles. The van der Waals surface area contributed by atoms with Crippen molar-refractivity contribution >= 4 is 5.91 Å². The second-order valence-corrected chi connectivity index (χ2v) is 3.86. The van der Waals surface area contributed by atoms with Crippen molar-refractivity contribution in [3.63, 3.8) is 0 Å². The van der Waals surface area contributed by atoms with E-state index in [9.17, 15) is 4.79 Å². The van der Waals surface area contributed by atoms with E-state index in [-0.39, 0.29) is 5.91 Å². The monoisotopic (exact) mass is 193 g/mol. The fourth-order valence-electron chi connectivity index (χ4n) is 2.19. The molecule has 2 heterocycles. The standard InChI is InChI=1S/C9H11N3O2/c13-9(7-1-2-11-14-7)12-8-5-3-10-4-6(5)8/h1-2,5-6,8,10H,3-4H2,(H,12,13). The Labute approximate surface area is 80.8 Å². The number of hydrogen-bond acceptors (Lipinski definition) is 4. The molecule has 0 bridgehead atoms. The third-order valence-corrected chi connectivity index (χ3v) is 3.05. The molecule has 74 valence electrons. The summed E-state index contributed by atoms with van der Waals surface area (Å²) >= 11 is 0. The first-order valence-electron chi connectivity index (χ1n) is 4.78. The molecule has 1 saturated heterocycles. The van der Waals surface area contributed by atoms with Gasteiger partial charge in [0, 0.05) is 25.2 Å². The van der Waals surface area contributed by atoms with Crippen molar-refractivity contribution in [3.8, 4) is 0 Å². The molecule has 0 spiro atoms. The Morgan fingerprint density at radius 3 is 3.00 bits per heavy atom. The van der Waals surface area contributed by atoms with Gasteiger partial charge in [-0.3, -0.25) is 4.79 Å². The van der Waals surface area contributed by atoms with Gasteiger partial charge in [-0.05, 0) is 11.8 Å². The van der Waals surface area contributed by atoms with Gasteiger partial charge in [-0.1, -0.05) is 5.16 Å². The molecule has 0 radical (unpaired) electrons. The van der Waals surface area contributed by atoms with Gasteiger partial charge in [0.2, 0.25) is 5.76 Å². The summed E-state index contributed by atoms with van der Waals surface area (Å²) < 4.78 is 4.77. The first-order chi connectivity index (χ1) is 6.86. The largest absolute Gasteiger partial charge is 0.351 e. The quantitative estimate of drug-likeness (QED) is 0.672. The van der Waals surface area contributed by atoms with Gasteiger partial charge in [0.15, 0.2) is 0 Å². The first-order valence-corrected chi connectivity index (χ1v) is 4.78. The molecule has 2 unspecified atom stereocenters. The normalized spacial score (nSPS) is 33.9. The average molecular weight is 193 g/mol. The number of nitrogens with one attached hydrogen (secondary N) is 2. The molecule has 2 N–H and O–H groups in total. The SMILES string of the molecule is O=C(NC1C2CNCC21)c1ccno1. The maximum absolute atomic E-state index is 11.5. The van der Waals surface area contributed by atoms with Gasteiger partial charge in [0.1, 0.15) is 0 Å². The van der Waals surface area contributed by atoms with Crippen LogP contribution in [0.25, 0.3) is 0 Å². The zero-order valence-corrected chi connectivity index (χ0v) is 7.56. The Balaban J connectivity index is 1.61. The molecule has 2 atom stereocenters. The Hall–Kier alpha value is -1.36. The minimum absolute atomic E-state index is 0.151. The lowest BCUT2D eigenvalue weighted by Gasteiger charge is -2.04. The van der Waals surface area contributed by atoms with Crippen molar-refractivity contribution in [1.29, 1.82) is 0 Å². The van der Waals surface area contributed by atoms with E-state index in [1.54, 1.807) is 6.07 Å². The number of carbonyl (C=O) groups is 1. The van der Waals surface area contributed by atoms with Crippen molar-refractivity contribution in [2.45, 2.75) is 6.04 Å². The summed E-state index contributed by atoms with van der Waals surface area (Å²) in [6.07, 6.45) is 1.48. The summed E-state index contributed by atoms with van der Waals surface area (Å²) in [6, 6.07) is 1.92. The molecule has 5 heteroatoms. The molecule has 1 amide bonds. The molecule has 1 aliphatic carbocycles. The predicted molar refractivity (Wildman–Crippen MR) is 47.6 cm³/mol. The van der Waals surface area contributed by atoms with Gasteiger partial charge in [-0.15, -0.1) is 0 Å². The lowest BCUT2D eigenvalue weighted by Crippen LogP contribution is -2.32. The number of nitrogens with zero attached hydrogens (tertiary/aromatic N) is 1. The van der Waals surface area contributed by atoms with Crippen molar-refractivity contribution in [2.75, 3.05) is 13.1 Å². The number of fused-ring (bicyclic) bond motifs is 1. The van der Waals surface area contributed by atoms with E-state index < -0.39 is 0 Å². The van der Waals surface area contributed by atoms with Crippen molar-refractivity contribution in [1.82, 2.24) is 15.8 Å². The van der Waals surface area contributed by atoms with Gasteiger partial charge in [-0.2, -0.15) is 0 Å². The molecule has 1 saturated carbocycles. The molecule has 2 aliphatic rings. The van der Waals surface area contributed by atoms with Crippen LogP contribution in [0.15, 0.2) is 16.8 Å². The third-order valence-electron chi connectivity index (χ3n) is 3.05. The number of rotatable bonds is 2. The predicted octanol–water partition coefficient (Wildman–Crippen LogP) is -0.378. The van der Waals surface area contributed by atoms with Crippen LogP contribution in [0.4, 0.5) is 0 Å². The fraction of sp³-hybridized carbons (Fsp3) is 0.556. The lowest BCUT2D eigenvalue weighted by molar-refractivity contribution is 0.0909. The van der Waals surface area contributed by atoms with Crippen LogP contribution in [0.2, 0.25) is 0 Å². The first kappa shape index (κ1) is 7.99. The highest BCUT2D eigenvalue weighted by Gasteiger charge is 2.53. The highest BCUT2D eigenvalue weighted by Crippen LogP contribution is 2.41. The zero-order valence-electron chi connectivity index (χ0n) is 7.56. The van der Waals surface area contributed by atoms with Crippen LogP contribution in [0.1, 0.15) is 10.6 Å². The van der Waals surface area contributed by atoms with Gasteiger partial charge in [-0.25, -0.2) is 0 Å². The number of aromatic nitrogens is 1. The Kier molecular flexibility index (Phi) is 1.61. The topological polar surface area (TPSA) is 67.2 Å². The molecule has 1 aromatic heterocycles. The number of piperidine rings is 1. The van der Waals surface area contributed by atoms with E-state index >= 15 is 0 Å². The van der Waals surface area contributed by atoms with Crippen molar-refractivity contribution in [2.24, 2.45) is 11.8 Å². The summed E-state index contributed by atoms with van der Waals surface area (Å²) in [6.45, 7) is 2.04. The molecular formula is C9H11N3O2. The van der Waals surface area contributed by atoms with E-state index in [1.807, 2.05) is 0 Å². The van der Waals surface area contributed by atoms with Crippen molar-refractivity contribution in [3.05, 3.63) is 18.0 Å². The smallest absolute Gasteiger partial charge is 0.290 e. The summed E-state index contributed by atoms with van der Waals surface area (Å²) in [5, 5.41) is 9.71. The molecule has 2 fully saturated rings. The summed E-state index contributed by atoms with van der Waals surface area (Å²) in [5.41, 5.74) is 0. The second-order valence-electron chi connectivity index (χ2n) is 3.86. The maximum Gasteiger partial charge on any atom is 0.290 e. The van der Waals surface area contributed by atoms with Gasteiger partial charge < -0.3 is 15.2 Å². The van der Waals surface area contributed by atoms with E-state index in [0.717, 1.165) is 13.1 Å². The summed E-state index contributed by atoms with van der Waals surface area (Å²) in [4.78, 5) is 11.5. The Morgan fingerprint density at radius 2 is 2.36 bits per heavy atom. The van der Waals surface area contributed by atoms with Crippen LogP contribution < -0.4 is 10.6 Å². The zero-order chi connectivity index (χ0) is 9.54. The van der Waals surface area contributed by atoms with Crippen LogP contribution >= 0.6 is 0 Å². The summed E-state index contributed by atoms with van der Waals surface area (Å²) in [7, 11) is 0. The lowest BCUT2D eigenvalue weighted by atomic mass is 10.4. The van der Waals surface area contributed by atoms with E-state index in [0.29, 0.717) is 23.6 Å². The maximum atomic E-state index is 11.5. The summed E-state index contributed by atoms with van der Waals surface area (Å²) in [5.74, 6) is 1.40.